The smallest absolute Gasteiger partial charge is 0.399 e. The number of aromatic nitrogens is 2. The second-order valence-corrected chi connectivity index (χ2v) is 7.40. The van der Waals surface area contributed by atoms with Crippen LogP contribution in [0.25, 0.3) is 0 Å². The Morgan fingerprint density at radius 2 is 1.64 bits per heavy atom. The molecule has 2 saturated heterocycles. The van der Waals surface area contributed by atoms with Crippen LogP contribution >= 0.6 is 11.6 Å². The maximum Gasteiger partial charge on any atom is 0.501 e. The van der Waals surface area contributed by atoms with Crippen LogP contribution in [-0.4, -0.2) is 41.4 Å². The molecule has 1 aromatic rings. The lowest BCUT2D eigenvalue weighted by Gasteiger charge is -2.32. The lowest BCUT2D eigenvalue weighted by atomic mass is 9.79. The Morgan fingerprint density at radius 1 is 1.05 bits per heavy atom. The van der Waals surface area contributed by atoms with Crippen molar-refractivity contribution in [2.45, 2.75) is 58.2 Å². The summed E-state index contributed by atoms with van der Waals surface area (Å²) in [4.78, 5) is 10.9. The Morgan fingerprint density at radius 3 is 2.23 bits per heavy atom. The van der Waals surface area contributed by atoms with Crippen LogP contribution < -0.4 is 10.4 Å². The molecule has 0 aromatic carbocycles. The van der Waals surface area contributed by atoms with Gasteiger partial charge in [0.1, 0.15) is 17.3 Å². The number of piperidine rings is 1. The van der Waals surface area contributed by atoms with Gasteiger partial charge in [0.15, 0.2) is 0 Å². The average molecular weight is 324 g/mol. The van der Waals surface area contributed by atoms with Crippen molar-refractivity contribution < 1.29 is 9.31 Å². The second-order valence-electron chi connectivity index (χ2n) is 7.04. The predicted octanol–water partition coefficient (Wildman–Crippen LogP) is 2.42. The minimum Gasteiger partial charge on any atom is -0.399 e. The van der Waals surface area contributed by atoms with Gasteiger partial charge in [0.2, 0.25) is 0 Å². The normalized spacial score (nSPS) is 23.9. The van der Waals surface area contributed by atoms with Gasteiger partial charge in [-0.05, 0) is 47.0 Å². The zero-order valence-corrected chi connectivity index (χ0v) is 14.5. The Bertz CT molecular complexity index is 546. The van der Waals surface area contributed by atoms with Crippen LogP contribution in [0.1, 0.15) is 47.0 Å². The maximum absolute atomic E-state index is 6.38. The van der Waals surface area contributed by atoms with Gasteiger partial charge < -0.3 is 14.2 Å². The van der Waals surface area contributed by atoms with E-state index in [1.165, 1.54) is 25.6 Å². The summed E-state index contributed by atoms with van der Waals surface area (Å²) in [5.41, 5.74) is -0.0591. The first kappa shape index (κ1) is 16.0. The third-order valence-corrected chi connectivity index (χ3v) is 5.26. The summed E-state index contributed by atoms with van der Waals surface area (Å²) in [6, 6.07) is 0. The largest absolute Gasteiger partial charge is 0.501 e. The van der Waals surface area contributed by atoms with Crippen molar-refractivity contribution in [1.29, 1.82) is 0 Å². The number of hydrogen-bond acceptors (Lipinski definition) is 5. The lowest BCUT2D eigenvalue weighted by molar-refractivity contribution is 0.00578. The van der Waals surface area contributed by atoms with Crippen molar-refractivity contribution in [3.63, 3.8) is 0 Å². The van der Waals surface area contributed by atoms with E-state index in [4.69, 9.17) is 20.9 Å². The van der Waals surface area contributed by atoms with Crippen LogP contribution in [0.3, 0.4) is 0 Å². The minimum absolute atomic E-state index is 0.407. The van der Waals surface area contributed by atoms with Gasteiger partial charge in [-0.3, -0.25) is 0 Å². The van der Waals surface area contributed by atoms with Gasteiger partial charge in [0.25, 0.3) is 0 Å². The van der Waals surface area contributed by atoms with Crippen molar-refractivity contribution >= 4 is 30.0 Å². The molecule has 0 aliphatic carbocycles. The summed E-state index contributed by atoms with van der Waals surface area (Å²) in [5.74, 6) is 0.846. The molecule has 2 aliphatic heterocycles. The summed E-state index contributed by atoms with van der Waals surface area (Å²) in [7, 11) is -0.532. The Balaban J connectivity index is 1.97. The Kier molecular flexibility index (Phi) is 4.12. The molecule has 0 unspecified atom stereocenters. The van der Waals surface area contributed by atoms with Crippen LogP contribution in [-0.2, 0) is 9.31 Å². The Hall–Kier alpha value is -0.845. The van der Waals surface area contributed by atoms with Crippen molar-refractivity contribution in [2.75, 3.05) is 18.0 Å². The number of rotatable bonds is 2. The Labute approximate surface area is 137 Å². The van der Waals surface area contributed by atoms with Crippen molar-refractivity contribution in [1.82, 2.24) is 9.97 Å². The van der Waals surface area contributed by atoms with E-state index >= 15 is 0 Å². The van der Waals surface area contributed by atoms with Crippen molar-refractivity contribution in [2.24, 2.45) is 0 Å². The molecule has 0 amide bonds. The van der Waals surface area contributed by atoms with Gasteiger partial charge in [-0.15, -0.1) is 0 Å². The number of hydrogen-bond donors (Lipinski definition) is 0. The fourth-order valence-electron chi connectivity index (χ4n) is 2.89. The molecule has 7 heteroatoms. The van der Waals surface area contributed by atoms with E-state index in [-0.39, 0.29) is 0 Å². The fraction of sp³-hybridized carbons (Fsp3) is 0.733. The highest BCUT2D eigenvalue weighted by atomic mass is 35.5. The molecule has 3 heterocycles. The predicted molar refractivity (Wildman–Crippen MR) is 88.8 cm³/mol. The third kappa shape index (κ3) is 2.72. The quantitative estimate of drug-likeness (QED) is 0.618. The molecular weight excluding hydrogens is 300 g/mol. The molecular formula is C15H23BClN3O2. The maximum atomic E-state index is 6.38. The van der Waals surface area contributed by atoms with Crippen molar-refractivity contribution in [3.05, 3.63) is 11.5 Å². The van der Waals surface area contributed by atoms with Crippen LogP contribution in [0, 0.1) is 0 Å². The SMILES string of the molecule is CC1(C)OB(c2c(Cl)ncnc2N2CCCCC2)OC1(C)C. The molecule has 0 N–H and O–H groups in total. The molecule has 1 aromatic heterocycles. The van der Waals surface area contributed by atoms with Crippen molar-refractivity contribution in [3.8, 4) is 0 Å². The standard InChI is InChI=1S/C15H23BClN3O2/c1-14(2)15(3,4)22-16(21-14)11-12(17)18-10-19-13(11)20-8-6-5-7-9-20/h10H,5-9H2,1-4H3. The van der Waals surface area contributed by atoms with Gasteiger partial charge in [0, 0.05) is 13.1 Å². The molecule has 0 atom stereocenters. The third-order valence-electron chi connectivity index (χ3n) is 4.96. The molecule has 3 rings (SSSR count). The summed E-state index contributed by atoms with van der Waals surface area (Å²) in [6.07, 6.45) is 5.12. The fourth-order valence-corrected chi connectivity index (χ4v) is 3.10. The number of halogens is 1. The van der Waals surface area contributed by atoms with Crippen LogP contribution in [0.4, 0.5) is 5.82 Å². The summed E-state index contributed by atoms with van der Waals surface area (Å²) in [6.45, 7) is 10.1. The highest BCUT2D eigenvalue weighted by Crippen LogP contribution is 2.37. The first-order valence-electron chi connectivity index (χ1n) is 7.93. The molecule has 2 fully saturated rings. The van der Waals surface area contributed by atoms with E-state index in [1.54, 1.807) is 0 Å². The minimum atomic E-state index is -0.532. The highest BCUT2D eigenvalue weighted by Gasteiger charge is 2.53. The van der Waals surface area contributed by atoms with Gasteiger partial charge >= 0.3 is 7.12 Å². The zero-order chi connectivity index (χ0) is 16.0. The highest BCUT2D eigenvalue weighted by molar-refractivity contribution is 6.67. The van der Waals surface area contributed by atoms with E-state index in [1.807, 2.05) is 27.7 Å². The first-order valence-corrected chi connectivity index (χ1v) is 8.30. The van der Waals surface area contributed by atoms with Gasteiger partial charge in [-0.2, -0.15) is 0 Å². The molecule has 0 spiro atoms. The van der Waals surface area contributed by atoms with Crippen LogP contribution in [0.15, 0.2) is 6.33 Å². The van der Waals surface area contributed by atoms with Gasteiger partial charge in [-0.25, -0.2) is 9.97 Å². The summed E-state index contributed by atoms with van der Waals surface area (Å²) in [5, 5.41) is 0.411. The van der Waals surface area contributed by atoms with Gasteiger partial charge in [0.05, 0.1) is 16.7 Å². The lowest BCUT2D eigenvalue weighted by Crippen LogP contribution is -2.43. The first-order chi connectivity index (χ1) is 10.3. The molecule has 5 nitrogen and oxygen atoms in total. The zero-order valence-electron chi connectivity index (χ0n) is 13.7. The van der Waals surface area contributed by atoms with E-state index in [0.29, 0.717) is 5.15 Å². The molecule has 0 radical (unpaired) electrons. The van der Waals surface area contributed by atoms with Gasteiger partial charge in [-0.1, -0.05) is 11.6 Å². The topological polar surface area (TPSA) is 47.5 Å². The molecule has 0 bridgehead atoms. The number of anilines is 1. The van der Waals surface area contributed by atoms with Crippen LogP contribution in [0.5, 0.6) is 0 Å². The summed E-state index contributed by atoms with van der Waals surface area (Å²) >= 11 is 6.38. The monoisotopic (exact) mass is 323 g/mol. The van der Waals surface area contributed by atoms with Crippen LogP contribution in [0.2, 0.25) is 5.15 Å². The molecule has 120 valence electrons. The van der Waals surface area contributed by atoms with E-state index in [9.17, 15) is 0 Å². The number of nitrogens with zero attached hydrogens (tertiary/aromatic N) is 3. The summed E-state index contributed by atoms with van der Waals surface area (Å²) < 4.78 is 12.3. The molecule has 0 saturated carbocycles. The van der Waals surface area contributed by atoms with E-state index in [2.05, 4.69) is 14.9 Å². The average Bonchev–Trinajstić information content (AvgIpc) is 2.67. The second kappa shape index (κ2) is 5.66. The van der Waals surface area contributed by atoms with E-state index < -0.39 is 18.3 Å². The molecule has 22 heavy (non-hydrogen) atoms. The molecule has 2 aliphatic rings. The van der Waals surface area contributed by atoms with E-state index in [0.717, 1.165) is 24.4 Å².